The molecule has 142 valence electrons. The fourth-order valence-corrected chi connectivity index (χ4v) is 3.25. The highest BCUT2D eigenvalue weighted by Crippen LogP contribution is 2.21. The summed E-state index contributed by atoms with van der Waals surface area (Å²) in [6.07, 6.45) is 1.98. The van der Waals surface area contributed by atoms with Crippen molar-refractivity contribution < 1.29 is 14.1 Å². The quantitative estimate of drug-likeness (QED) is 0.577. The number of amides is 1. The highest BCUT2D eigenvalue weighted by molar-refractivity contribution is 5.76. The van der Waals surface area contributed by atoms with Crippen LogP contribution in [0.15, 0.2) is 48.5 Å². The molecule has 1 aliphatic heterocycles. The number of hydrogen-bond donors (Lipinski definition) is 0. The number of carbonyl (C=O) groups is 1. The van der Waals surface area contributed by atoms with Gasteiger partial charge in [-0.2, -0.15) is 0 Å². The van der Waals surface area contributed by atoms with Gasteiger partial charge in [-0.1, -0.05) is 12.1 Å². The standard InChI is InChI=1S/C20H22FN3O3/c21-17-6-4-16(5-7-17)2-1-3-20(25)23-14-12-22(13-15-23)18-8-10-19(11-9-18)24(26)27/h4-11H,1-3,12-15H2. The summed E-state index contributed by atoms with van der Waals surface area (Å²) in [6.45, 7) is 2.71. The molecule has 0 spiro atoms. The van der Waals surface area contributed by atoms with Gasteiger partial charge < -0.3 is 9.80 Å². The van der Waals surface area contributed by atoms with E-state index in [1.54, 1.807) is 24.3 Å². The first-order valence-electron chi connectivity index (χ1n) is 9.04. The van der Waals surface area contributed by atoms with Gasteiger partial charge in [0.25, 0.3) is 5.69 Å². The van der Waals surface area contributed by atoms with Crippen molar-refractivity contribution >= 4 is 17.3 Å². The van der Waals surface area contributed by atoms with Gasteiger partial charge in [0.05, 0.1) is 4.92 Å². The number of nitro benzene ring substituents is 1. The molecule has 6 nitrogen and oxygen atoms in total. The predicted octanol–water partition coefficient (Wildman–Crippen LogP) is 3.41. The molecule has 2 aromatic carbocycles. The summed E-state index contributed by atoms with van der Waals surface area (Å²) in [7, 11) is 0. The largest absolute Gasteiger partial charge is 0.368 e. The van der Waals surface area contributed by atoms with Crippen LogP contribution in [-0.4, -0.2) is 41.9 Å². The van der Waals surface area contributed by atoms with E-state index in [4.69, 9.17) is 0 Å². The Morgan fingerprint density at radius 1 is 1.00 bits per heavy atom. The normalized spacial score (nSPS) is 14.3. The highest BCUT2D eigenvalue weighted by atomic mass is 19.1. The molecule has 7 heteroatoms. The van der Waals surface area contributed by atoms with Crippen molar-refractivity contribution in [1.82, 2.24) is 4.90 Å². The van der Waals surface area contributed by atoms with E-state index in [1.165, 1.54) is 24.3 Å². The van der Waals surface area contributed by atoms with Crippen LogP contribution >= 0.6 is 0 Å². The molecule has 0 radical (unpaired) electrons. The van der Waals surface area contributed by atoms with Crippen LogP contribution in [0.3, 0.4) is 0 Å². The molecule has 27 heavy (non-hydrogen) atoms. The maximum Gasteiger partial charge on any atom is 0.269 e. The number of nitrogens with zero attached hydrogens (tertiary/aromatic N) is 3. The minimum Gasteiger partial charge on any atom is -0.368 e. The third-order valence-electron chi connectivity index (χ3n) is 4.83. The number of halogens is 1. The van der Waals surface area contributed by atoms with Gasteiger partial charge >= 0.3 is 0 Å². The summed E-state index contributed by atoms with van der Waals surface area (Å²) in [5, 5.41) is 10.7. The molecule has 0 bridgehead atoms. The molecule has 0 aromatic heterocycles. The average Bonchev–Trinajstić information content (AvgIpc) is 2.69. The van der Waals surface area contributed by atoms with Crippen LogP contribution in [-0.2, 0) is 11.2 Å². The lowest BCUT2D eigenvalue weighted by Gasteiger charge is -2.36. The molecule has 3 rings (SSSR count). The van der Waals surface area contributed by atoms with Crippen LogP contribution in [0, 0.1) is 15.9 Å². The summed E-state index contributed by atoms with van der Waals surface area (Å²) in [5.41, 5.74) is 2.05. The minimum absolute atomic E-state index is 0.0775. The van der Waals surface area contributed by atoms with Crippen molar-refractivity contribution in [1.29, 1.82) is 0 Å². The molecule has 0 N–H and O–H groups in total. The smallest absolute Gasteiger partial charge is 0.269 e. The van der Waals surface area contributed by atoms with Crippen molar-refractivity contribution in [3.8, 4) is 0 Å². The number of anilines is 1. The first-order valence-corrected chi connectivity index (χ1v) is 9.04. The zero-order chi connectivity index (χ0) is 19.2. The Bertz CT molecular complexity index is 785. The molecule has 1 aliphatic rings. The Labute approximate surface area is 157 Å². The molecule has 2 aromatic rings. The van der Waals surface area contributed by atoms with Gasteiger partial charge in [-0.3, -0.25) is 14.9 Å². The number of non-ortho nitro benzene ring substituents is 1. The molecule has 1 amide bonds. The fourth-order valence-electron chi connectivity index (χ4n) is 3.25. The van der Waals surface area contributed by atoms with E-state index in [0.717, 1.165) is 24.1 Å². The van der Waals surface area contributed by atoms with Crippen molar-refractivity contribution in [2.75, 3.05) is 31.1 Å². The van der Waals surface area contributed by atoms with Crippen LogP contribution in [0.1, 0.15) is 18.4 Å². The van der Waals surface area contributed by atoms with Crippen LogP contribution in [0.4, 0.5) is 15.8 Å². The Morgan fingerprint density at radius 3 is 2.22 bits per heavy atom. The first-order chi connectivity index (χ1) is 13.0. The van der Waals surface area contributed by atoms with E-state index in [0.29, 0.717) is 32.6 Å². The summed E-state index contributed by atoms with van der Waals surface area (Å²) < 4.78 is 12.9. The third kappa shape index (κ3) is 5.03. The Morgan fingerprint density at radius 2 is 1.63 bits per heavy atom. The Balaban J connectivity index is 1.43. The lowest BCUT2D eigenvalue weighted by Crippen LogP contribution is -2.48. The molecular formula is C20H22FN3O3. The molecule has 0 aliphatic carbocycles. The molecule has 1 heterocycles. The molecule has 0 unspecified atom stereocenters. The maximum atomic E-state index is 12.9. The second-order valence-corrected chi connectivity index (χ2v) is 6.62. The van der Waals surface area contributed by atoms with Crippen LogP contribution < -0.4 is 4.90 Å². The van der Waals surface area contributed by atoms with E-state index >= 15 is 0 Å². The second kappa shape index (κ2) is 8.62. The van der Waals surface area contributed by atoms with Crippen molar-refractivity contribution in [2.24, 2.45) is 0 Å². The van der Waals surface area contributed by atoms with Crippen molar-refractivity contribution in [3.05, 3.63) is 70.0 Å². The Hall–Kier alpha value is -2.96. The van der Waals surface area contributed by atoms with E-state index in [9.17, 15) is 19.3 Å². The lowest BCUT2D eigenvalue weighted by atomic mass is 10.1. The fraction of sp³-hybridized carbons (Fsp3) is 0.350. The summed E-state index contributed by atoms with van der Waals surface area (Å²) >= 11 is 0. The highest BCUT2D eigenvalue weighted by Gasteiger charge is 2.21. The van der Waals surface area contributed by atoms with E-state index in [-0.39, 0.29) is 17.4 Å². The Kier molecular flexibility index (Phi) is 6.01. The average molecular weight is 371 g/mol. The van der Waals surface area contributed by atoms with E-state index in [1.807, 2.05) is 4.90 Å². The van der Waals surface area contributed by atoms with Gasteiger partial charge in [0, 0.05) is 50.4 Å². The summed E-state index contributed by atoms with van der Waals surface area (Å²) in [6, 6.07) is 12.9. The van der Waals surface area contributed by atoms with Crippen LogP contribution in [0.25, 0.3) is 0 Å². The molecule has 0 saturated carbocycles. The van der Waals surface area contributed by atoms with Gasteiger partial charge in [0.15, 0.2) is 0 Å². The lowest BCUT2D eigenvalue weighted by molar-refractivity contribution is -0.384. The zero-order valence-electron chi connectivity index (χ0n) is 15.0. The zero-order valence-corrected chi connectivity index (χ0v) is 15.0. The van der Waals surface area contributed by atoms with Gasteiger partial charge in [-0.25, -0.2) is 4.39 Å². The maximum absolute atomic E-state index is 12.9. The van der Waals surface area contributed by atoms with Crippen molar-refractivity contribution in [3.63, 3.8) is 0 Å². The van der Waals surface area contributed by atoms with Gasteiger partial charge in [0.1, 0.15) is 5.82 Å². The van der Waals surface area contributed by atoms with Crippen LogP contribution in [0.5, 0.6) is 0 Å². The first kappa shape index (κ1) is 18.8. The molecule has 1 saturated heterocycles. The van der Waals surface area contributed by atoms with Crippen molar-refractivity contribution in [2.45, 2.75) is 19.3 Å². The number of hydrogen-bond acceptors (Lipinski definition) is 4. The van der Waals surface area contributed by atoms with E-state index in [2.05, 4.69) is 4.90 Å². The topological polar surface area (TPSA) is 66.7 Å². The van der Waals surface area contributed by atoms with Gasteiger partial charge in [-0.05, 0) is 42.7 Å². The van der Waals surface area contributed by atoms with Gasteiger partial charge in [-0.15, -0.1) is 0 Å². The van der Waals surface area contributed by atoms with Crippen LogP contribution in [0.2, 0.25) is 0 Å². The summed E-state index contributed by atoms with van der Waals surface area (Å²) in [5.74, 6) is -0.110. The third-order valence-corrected chi connectivity index (χ3v) is 4.83. The molecular weight excluding hydrogens is 349 g/mol. The SMILES string of the molecule is O=C(CCCc1ccc(F)cc1)N1CCN(c2ccc([N+](=O)[O-])cc2)CC1. The minimum atomic E-state index is -0.410. The number of aryl methyl sites for hydroxylation is 1. The van der Waals surface area contributed by atoms with Gasteiger partial charge in [0.2, 0.25) is 5.91 Å². The molecule has 1 fully saturated rings. The number of benzene rings is 2. The number of piperazine rings is 1. The molecule has 0 atom stereocenters. The predicted molar refractivity (Wildman–Crippen MR) is 101 cm³/mol. The second-order valence-electron chi connectivity index (χ2n) is 6.62. The monoisotopic (exact) mass is 371 g/mol. The number of nitro groups is 1. The van der Waals surface area contributed by atoms with E-state index < -0.39 is 4.92 Å². The number of rotatable bonds is 6. The summed E-state index contributed by atoms with van der Waals surface area (Å²) in [4.78, 5) is 26.7. The number of carbonyl (C=O) groups excluding carboxylic acids is 1.